The van der Waals surface area contributed by atoms with Crippen molar-refractivity contribution in [3.63, 3.8) is 0 Å². The Morgan fingerprint density at radius 1 is 1.05 bits per heavy atom. The quantitative estimate of drug-likeness (QED) is 0.801. The zero-order valence-corrected chi connectivity index (χ0v) is 10.8. The number of hydrogen-bond acceptors (Lipinski definition) is 2. The molecule has 0 N–H and O–H groups in total. The number of nitrogens with zero attached hydrogens (tertiary/aromatic N) is 1. The molecule has 0 fully saturated rings. The first-order chi connectivity index (χ1) is 9.63. The molecule has 0 saturated carbocycles. The second kappa shape index (κ2) is 5.13. The van der Waals surface area contributed by atoms with E-state index in [2.05, 4.69) is 0 Å². The first kappa shape index (κ1) is 12.9. The summed E-state index contributed by atoms with van der Waals surface area (Å²) >= 11 is 0. The zero-order valence-electron chi connectivity index (χ0n) is 10.8. The molecule has 2 nitrogen and oxygen atoms in total. The molecule has 1 aliphatic rings. The molecule has 1 aliphatic heterocycles. The van der Waals surface area contributed by atoms with E-state index in [4.69, 9.17) is 0 Å². The molecule has 2 aromatic rings. The van der Waals surface area contributed by atoms with Crippen LogP contribution in [0.1, 0.15) is 21.5 Å². The molecule has 0 amide bonds. The number of fused-ring (bicyclic) bond motifs is 1. The van der Waals surface area contributed by atoms with E-state index < -0.39 is 11.6 Å². The predicted molar refractivity (Wildman–Crippen MR) is 71.2 cm³/mol. The van der Waals surface area contributed by atoms with Crippen molar-refractivity contribution in [3.05, 3.63) is 70.8 Å². The molecule has 4 heteroatoms. The average Bonchev–Trinajstić information content (AvgIpc) is 2.80. The summed E-state index contributed by atoms with van der Waals surface area (Å²) in [6.07, 6.45) is 0. The topological polar surface area (TPSA) is 20.3 Å². The van der Waals surface area contributed by atoms with Crippen LogP contribution in [0, 0.1) is 11.6 Å². The van der Waals surface area contributed by atoms with E-state index in [1.165, 1.54) is 17.2 Å². The first-order valence-electron chi connectivity index (χ1n) is 6.41. The second-order valence-corrected chi connectivity index (χ2v) is 4.96. The van der Waals surface area contributed by atoms with Gasteiger partial charge in [-0.1, -0.05) is 24.3 Å². The lowest BCUT2D eigenvalue weighted by Crippen LogP contribution is -2.25. The Kier molecular flexibility index (Phi) is 3.32. The maximum atomic E-state index is 13.6. The van der Waals surface area contributed by atoms with Crippen LogP contribution >= 0.6 is 0 Å². The first-order valence-corrected chi connectivity index (χ1v) is 6.41. The molecular formula is C16H13F2NO. The Balaban J connectivity index is 1.72. The molecule has 0 spiro atoms. The third-order valence-electron chi connectivity index (χ3n) is 3.51. The third-order valence-corrected chi connectivity index (χ3v) is 3.51. The van der Waals surface area contributed by atoms with Crippen LogP contribution in [0.5, 0.6) is 0 Å². The number of carbonyl (C=O) groups excluding carboxylic acids is 1. The van der Waals surface area contributed by atoms with Crippen LogP contribution in [-0.4, -0.2) is 17.2 Å². The highest BCUT2D eigenvalue weighted by Crippen LogP contribution is 2.22. The van der Waals surface area contributed by atoms with Gasteiger partial charge >= 0.3 is 0 Å². The van der Waals surface area contributed by atoms with E-state index in [1.54, 1.807) is 0 Å². The van der Waals surface area contributed by atoms with Crippen LogP contribution in [0.15, 0.2) is 42.5 Å². The molecule has 0 atom stereocenters. The van der Waals surface area contributed by atoms with Crippen molar-refractivity contribution in [2.75, 3.05) is 6.54 Å². The standard InChI is InChI=1S/C16H13F2NO/c17-13-5-6-14(15(18)7-13)16(20)10-19-8-11-3-1-2-4-12(11)9-19/h1-7H,8-10H2. The maximum absolute atomic E-state index is 13.6. The molecule has 0 saturated heterocycles. The van der Waals surface area contributed by atoms with Crippen molar-refractivity contribution in [1.82, 2.24) is 4.90 Å². The number of carbonyl (C=O) groups is 1. The molecule has 102 valence electrons. The molecular weight excluding hydrogens is 260 g/mol. The molecule has 0 aromatic heterocycles. The largest absolute Gasteiger partial charge is 0.293 e. The van der Waals surface area contributed by atoms with Gasteiger partial charge in [-0.2, -0.15) is 0 Å². The summed E-state index contributed by atoms with van der Waals surface area (Å²) in [7, 11) is 0. The van der Waals surface area contributed by atoms with E-state index in [9.17, 15) is 13.6 Å². The minimum atomic E-state index is -0.799. The van der Waals surface area contributed by atoms with E-state index in [-0.39, 0.29) is 17.9 Å². The van der Waals surface area contributed by atoms with Gasteiger partial charge in [0.15, 0.2) is 5.78 Å². The summed E-state index contributed by atoms with van der Waals surface area (Å²) in [5, 5.41) is 0. The van der Waals surface area contributed by atoms with Crippen molar-refractivity contribution >= 4 is 5.78 Å². The Labute approximate surface area is 115 Å². The molecule has 0 radical (unpaired) electrons. The van der Waals surface area contributed by atoms with Crippen molar-refractivity contribution in [2.24, 2.45) is 0 Å². The van der Waals surface area contributed by atoms with Crippen LogP contribution in [-0.2, 0) is 13.1 Å². The number of rotatable bonds is 3. The van der Waals surface area contributed by atoms with E-state index in [1.807, 2.05) is 29.2 Å². The smallest absolute Gasteiger partial charge is 0.179 e. The molecule has 1 heterocycles. The highest BCUT2D eigenvalue weighted by molar-refractivity contribution is 5.97. The molecule has 2 aromatic carbocycles. The van der Waals surface area contributed by atoms with Gasteiger partial charge in [-0.05, 0) is 23.3 Å². The van der Waals surface area contributed by atoms with Gasteiger partial charge in [0.1, 0.15) is 11.6 Å². The van der Waals surface area contributed by atoms with Gasteiger partial charge in [-0.3, -0.25) is 9.69 Å². The van der Waals surface area contributed by atoms with Crippen molar-refractivity contribution in [2.45, 2.75) is 13.1 Å². The number of ketones is 1. The summed E-state index contributed by atoms with van der Waals surface area (Å²) in [6, 6.07) is 11.0. The summed E-state index contributed by atoms with van der Waals surface area (Å²) in [5.41, 5.74) is 2.34. The van der Waals surface area contributed by atoms with Crippen LogP contribution in [0.4, 0.5) is 8.78 Å². The van der Waals surface area contributed by atoms with Gasteiger partial charge in [-0.15, -0.1) is 0 Å². The molecule has 3 rings (SSSR count). The summed E-state index contributed by atoms with van der Waals surface area (Å²) in [6.45, 7) is 1.51. The normalized spacial score (nSPS) is 14.3. The fourth-order valence-corrected chi connectivity index (χ4v) is 2.52. The van der Waals surface area contributed by atoms with Crippen LogP contribution in [0.2, 0.25) is 0 Å². The van der Waals surface area contributed by atoms with Gasteiger partial charge in [0.05, 0.1) is 12.1 Å². The number of benzene rings is 2. The Morgan fingerprint density at radius 2 is 1.70 bits per heavy atom. The minimum absolute atomic E-state index is 0.0534. The summed E-state index contributed by atoms with van der Waals surface area (Å²) in [4.78, 5) is 14.0. The van der Waals surface area contributed by atoms with E-state index in [0.29, 0.717) is 13.1 Å². The van der Waals surface area contributed by atoms with Crippen molar-refractivity contribution < 1.29 is 13.6 Å². The minimum Gasteiger partial charge on any atom is -0.293 e. The lowest BCUT2D eigenvalue weighted by Gasteiger charge is -2.13. The monoisotopic (exact) mass is 273 g/mol. The fourth-order valence-electron chi connectivity index (χ4n) is 2.52. The highest BCUT2D eigenvalue weighted by Gasteiger charge is 2.22. The van der Waals surface area contributed by atoms with E-state index in [0.717, 1.165) is 12.1 Å². The van der Waals surface area contributed by atoms with Gasteiger partial charge in [0.25, 0.3) is 0 Å². The average molecular weight is 273 g/mol. The SMILES string of the molecule is O=C(CN1Cc2ccccc2C1)c1ccc(F)cc1F. The highest BCUT2D eigenvalue weighted by atomic mass is 19.1. The van der Waals surface area contributed by atoms with Gasteiger partial charge in [0.2, 0.25) is 0 Å². The fraction of sp³-hybridized carbons (Fsp3) is 0.188. The maximum Gasteiger partial charge on any atom is 0.179 e. The predicted octanol–water partition coefficient (Wildman–Crippen LogP) is 3.16. The summed E-state index contributed by atoms with van der Waals surface area (Å²) < 4.78 is 26.4. The molecule has 0 aliphatic carbocycles. The number of halogens is 2. The number of hydrogen-bond donors (Lipinski definition) is 0. The number of Topliss-reactive ketones (excluding diaryl/α,β-unsaturated/α-hetero) is 1. The zero-order chi connectivity index (χ0) is 14.1. The van der Waals surface area contributed by atoms with E-state index >= 15 is 0 Å². The Morgan fingerprint density at radius 3 is 2.30 bits per heavy atom. The van der Waals surface area contributed by atoms with Crippen LogP contribution in [0.3, 0.4) is 0 Å². The molecule has 20 heavy (non-hydrogen) atoms. The lowest BCUT2D eigenvalue weighted by atomic mass is 10.1. The van der Waals surface area contributed by atoms with Gasteiger partial charge in [0, 0.05) is 19.2 Å². The van der Waals surface area contributed by atoms with Crippen molar-refractivity contribution in [3.8, 4) is 0 Å². The Hall–Kier alpha value is -2.07. The van der Waals surface area contributed by atoms with Crippen molar-refractivity contribution in [1.29, 1.82) is 0 Å². The third kappa shape index (κ3) is 2.47. The molecule has 0 unspecified atom stereocenters. The Bertz CT molecular complexity index is 644. The summed E-state index contributed by atoms with van der Waals surface area (Å²) in [5.74, 6) is -1.80. The second-order valence-electron chi connectivity index (χ2n) is 4.96. The lowest BCUT2D eigenvalue weighted by molar-refractivity contribution is 0.0925. The van der Waals surface area contributed by atoms with Gasteiger partial charge in [-0.25, -0.2) is 8.78 Å². The van der Waals surface area contributed by atoms with Gasteiger partial charge < -0.3 is 0 Å². The van der Waals surface area contributed by atoms with Crippen LogP contribution < -0.4 is 0 Å². The van der Waals surface area contributed by atoms with Crippen LogP contribution in [0.25, 0.3) is 0 Å². The molecule has 0 bridgehead atoms.